The van der Waals surface area contributed by atoms with Crippen molar-refractivity contribution in [3.05, 3.63) is 54.6 Å². The van der Waals surface area contributed by atoms with Gasteiger partial charge in [0.05, 0.1) is 13.7 Å². The van der Waals surface area contributed by atoms with Gasteiger partial charge in [-0.1, -0.05) is 37.5 Å². The Balaban J connectivity index is 1.23. The lowest BCUT2D eigenvalue weighted by molar-refractivity contribution is -0.120. The highest BCUT2D eigenvalue weighted by atomic mass is 16.5. The first-order valence-corrected chi connectivity index (χ1v) is 12.3. The van der Waals surface area contributed by atoms with Gasteiger partial charge in [-0.2, -0.15) is 0 Å². The largest absolute Gasteiger partial charge is 0.497 e. The van der Waals surface area contributed by atoms with E-state index in [9.17, 15) is 4.79 Å². The fourth-order valence-corrected chi connectivity index (χ4v) is 4.89. The summed E-state index contributed by atoms with van der Waals surface area (Å²) in [6, 6.07) is 18.3. The molecule has 1 aliphatic carbocycles. The Labute approximate surface area is 198 Å². The van der Waals surface area contributed by atoms with Crippen molar-refractivity contribution in [1.29, 1.82) is 0 Å². The number of carbonyl (C=O) groups excluding carboxylic acids is 1. The van der Waals surface area contributed by atoms with Crippen LogP contribution in [0.2, 0.25) is 0 Å². The van der Waals surface area contributed by atoms with Gasteiger partial charge in [0.1, 0.15) is 18.1 Å². The van der Waals surface area contributed by atoms with Crippen LogP contribution in [0.15, 0.2) is 54.6 Å². The molecule has 1 amide bonds. The standard InChI is InChI=1S/C27H37N3O3/c1-32-25-12-14-26(15-13-25)33-21-20-28-16-18-29(19-17-28)22-27(31)30(23-8-4-2-5-9-23)24-10-6-3-7-11-24/h2,4-5,8-9,12-15,24H,3,6-7,10-11,16-22H2,1H3. The molecule has 0 radical (unpaired) electrons. The molecule has 0 N–H and O–H groups in total. The number of carbonyl (C=O) groups is 1. The third kappa shape index (κ3) is 6.71. The topological polar surface area (TPSA) is 45.3 Å². The van der Waals surface area contributed by atoms with Gasteiger partial charge in [0, 0.05) is 44.5 Å². The van der Waals surface area contributed by atoms with Gasteiger partial charge in [-0.05, 0) is 49.2 Å². The molecule has 6 heteroatoms. The zero-order valence-corrected chi connectivity index (χ0v) is 19.8. The Morgan fingerprint density at radius 1 is 0.879 bits per heavy atom. The second-order valence-corrected chi connectivity index (χ2v) is 9.03. The molecule has 1 aliphatic heterocycles. The molecule has 1 heterocycles. The third-order valence-corrected chi connectivity index (χ3v) is 6.80. The molecule has 2 aliphatic rings. The molecule has 0 bridgehead atoms. The predicted molar refractivity (Wildman–Crippen MR) is 132 cm³/mol. The maximum absolute atomic E-state index is 13.4. The molecule has 2 fully saturated rings. The van der Waals surface area contributed by atoms with Crippen molar-refractivity contribution in [3.8, 4) is 11.5 Å². The maximum Gasteiger partial charge on any atom is 0.241 e. The third-order valence-electron chi connectivity index (χ3n) is 6.80. The molecule has 0 aromatic heterocycles. The molecule has 178 valence electrons. The highest BCUT2D eigenvalue weighted by Crippen LogP contribution is 2.27. The van der Waals surface area contributed by atoms with Crippen LogP contribution < -0.4 is 14.4 Å². The van der Waals surface area contributed by atoms with Gasteiger partial charge in [0.15, 0.2) is 0 Å². The van der Waals surface area contributed by atoms with Crippen LogP contribution in [0.1, 0.15) is 32.1 Å². The molecule has 2 aromatic carbocycles. The lowest BCUT2D eigenvalue weighted by atomic mass is 9.93. The summed E-state index contributed by atoms with van der Waals surface area (Å²) in [4.78, 5) is 20.2. The van der Waals surface area contributed by atoms with E-state index < -0.39 is 0 Å². The Bertz CT molecular complexity index is 845. The molecular formula is C27H37N3O3. The van der Waals surface area contributed by atoms with Crippen molar-refractivity contribution in [1.82, 2.24) is 9.80 Å². The molecule has 1 saturated carbocycles. The van der Waals surface area contributed by atoms with Crippen LogP contribution in [0, 0.1) is 0 Å². The summed E-state index contributed by atoms with van der Waals surface area (Å²) in [5, 5.41) is 0. The Kier molecular flexibility index (Phi) is 8.61. The zero-order chi connectivity index (χ0) is 22.9. The lowest BCUT2D eigenvalue weighted by Crippen LogP contribution is -2.52. The van der Waals surface area contributed by atoms with E-state index in [1.54, 1.807) is 7.11 Å². The van der Waals surface area contributed by atoms with Crippen LogP contribution in [0.4, 0.5) is 5.69 Å². The van der Waals surface area contributed by atoms with E-state index in [1.165, 1.54) is 19.3 Å². The molecule has 4 rings (SSSR count). The molecule has 0 spiro atoms. The van der Waals surface area contributed by atoms with Gasteiger partial charge in [-0.25, -0.2) is 0 Å². The average molecular weight is 452 g/mol. The highest BCUT2D eigenvalue weighted by Gasteiger charge is 2.28. The van der Waals surface area contributed by atoms with Gasteiger partial charge in [-0.3, -0.25) is 14.6 Å². The summed E-state index contributed by atoms with van der Waals surface area (Å²) in [5.74, 6) is 1.94. The van der Waals surface area contributed by atoms with E-state index in [2.05, 4.69) is 26.8 Å². The van der Waals surface area contributed by atoms with Gasteiger partial charge < -0.3 is 14.4 Å². The summed E-state index contributed by atoms with van der Waals surface area (Å²) in [6.45, 7) is 5.83. The summed E-state index contributed by atoms with van der Waals surface area (Å²) in [6.07, 6.45) is 5.96. The second kappa shape index (κ2) is 12.1. The van der Waals surface area contributed by atoms with Crippen molar-refractivity contribution < 1.29 is 14.3 Å². The van der Waals surface area contributed by atoms with Crippen molar-refractivity contribution in [2.45, 2.75) is 38.1 Å². The fraction of sp³-hybridized carbons (Fsp3) is 0.519. The van der Waals surface area contributed by atoms with Crippen LogP contribution in [0.5, 0.6) is 11.5 Å². The molecule has 2 aromatic rings. The summed E-state index contributed by atoms with van der Waals surface area (Å²) in [5.41, 5.74) is 1.05. The number of nitrogens with zero attached hydrogens (tertiary/aromatic N) is 3. The fourth-order valence-electron chi connectivity index (χ4n) is 4.89. The monoisotopic (exact) mass is 451 g/mol. The Hall–Kier alpha value is -2.57. The number of hydrogen-bond donors (Lipinski definition) is 0. The number of hydrogen-bond acceptors (Lipinski definition) is 5. The Morgan fingerprint density at radius 3 is 2.18 bits per heavy atom. The first kappa shape index (κ1) is 23.6. The van der Waals surface area contributed by atoms with Crippen LogP contribution in [0.3, 0.4) is 0 Å². The molecule has 0 atom stereocenters. The van der Waals surface area contributed by atoms with Gasteiger partial charge in [-0.15, -0.1) is 0 Å². The minimum atomic E-state index is 0.240. The second-order valence-electron chi connectivity index (χ2n) is 9.03. The number of methoxy groups -OCH3 is 1. The number of rotatable bonds is 9. The Morgan fingerprint density at radius 2 is 1.52 bits per heavy atom. The number of para-hydroxylation sites is 1. The highest BCUT2D eigenvalue weighted by molar-refractivity contribution is 5.95. The van der Waals surface area contributed by atoms with E-state index in [4.69, 9.17) is 9.47 Å². The summed E-state index contributed by atoms with van der Waals surface area (Å²) < 4.78 is 11.1. The molecule has 0 unspecified atom stereocenters. The quantitative estimate of drug-likeness (QED) is 0.575. The maximum atomic E-state index is 13.4. The van der Waals surface area contributed by atoms with Crippen LogP contribution in [-0.4, -0.2) is 74.7 Å². The molecule has 1 saturated heterocycles. The number of benzene rings is 2. The summed E-state index contributed by atoms with van der Waals surface area (Å²) >= 11 is 0. The number of ether oxygens (including phenoxy) is 2. The predicted octanol–water partition coefficient (Wildman–Crippen LogP) is 4.06. The molecular weight excluding hydrogens is 414 g/mol. The smallest absolute Gasteiger partial charge is 0.241 e. The SMILES string of the molecule is COc1ccc(OCCN2CCN(CC(=O)N(c3ccccc3)C3CCCCC3)CC2)cc1. The lowest BCUT2D eigenvalue weighted by Gasteiger charge is -2.38. The first-order chi connectivity index (χ1) is 16.2. The summed E-state index contributed by atoms with van der Waals surface area (Å²) in [7, 11) is 1.66. The van der Waals surface area contributed by atoms with Crippen LogP contribution in [0.25, 0.3) is 0 Å². The number of amides is 1. The minimum absolute atomic E-state index is 0.240. The van der Waals surface area contributed by atoms with Crippen molar-refractivity contribution >= 4 is 11.6 Å². The van der Waals surface area contributed by atoms with E-state index in [0.29, 0.717) is 19.2 Å². The van der Waals surface area contributed by atoms with Crippen LogP contribution in [-0.2, 0) is 4.79 Å². The van der Waals surface area contributed by atoms with Crippen molar-refractivity contribution in [3.63, 3.8) is 0 Å². The minimum Gasteiger partial charge on any atom is -0.497 e. The van der Waals surface area contributed by atoms with E-state index in [-0.39, 0.29) is 5.91 Å². The molecule has 33 heavy (non-hydrogen) atoms. The zero-order valence-electron chi connectivity index (χ0n) is 19.8. The van der Waals surface area contributed by atoms with E-state index >= 15 is 0 Å². The van der Waals surface area contributed by atoms with Crippen molar-refractivity contribution in [2.24, 2.45) is 0 Å². The van der Waals surface area contributed by atoms with Crippen molar-refractivity contribution in [2.75, 3.05) is 57.9 Å². The van der Waals surface area contributed by atoms with Crippen LogP contribution >= 0.6 is 0 Å². The van der Waals surface area contributed by atoms with Gasteiger partial charge in [0.25, 0.3) is 0 Å². The van der Waals surface area contributed by atoms with E-state index in [0.717, 1.165) is 62.8 Å². The molecule has 6 nitrogen and oxygen atoms in total. The first-order valence-electron chi connectivity index (χ1n) is 12.3. The normalized spacial score (nSPS) is 18.1. The number of piperazine rings is 1. The van der Waals surface area contributed by atoms with Gasteiger partial charge in [0.2, 0.25) is 5.91 Å². The van der Waals surface area contributed by atoms with E-state index in [1.807, 2.05) is 42.5 Å². The number of anilines is 1. The average Bonchev–Trinajstić information content (AvgIpc) is 2.87. The van der Waals surface area contributed by atoms with Gasteiger partial charge >= 0.3 is 0 Å².